The van der Waals surface area contributed by atoms with Crippen LogP contribution in [0.4, 0.5) is 0 Å². The zero-order valence-corrected chi connectivity index (χ0v) is 46.5. The van der Waals surface area contributed by atoms with Crippen molar-refractivity contribution in [3.8, 4) is 0 Å². The van der Waals surface area contributed by atoms with Gasteiger partial charge >= 0.3 is 0 Å². The summed E-state index contributed by atoms with van der Waals surface area (Å²) in [4.78, 5) is 13.2. The predicted molar refractivity (Wildman–Crippen MR) is 300 cm³/mol. The van der Waals surface area contributed by atoms with Gasteiger partial charge in [0.25, 0.3) is 0 Å². The molecule has 434 valence electrons. The number of rotatable bonds is 46. The summed E-state index contributed by atoms with van der Waals surface area (Å²) >= 11 is 0. The Hall–Kier alpha value is -2.57. The van der Waals surface area contributed by atoms with Gasteiger partial charge in [-0.05, 0) is 70.6 Å². The zero-order chi connectivity index (χ0) is 54.6. The first-order valence-electron chi connectivity index (χ1n) is 29.7. The van der Waals surface area contributed by atoms with Crippen LogP contribution in [0.2, 0.25) is 0 Å². The molecule has 75 heavy (non-hydrogen) atoms. The zero-order valence-electron chi connectivity index (χ0n) is 46.5. The number of nitrogens with one attached hydrogen (secondary N) is 1. The van der Waals surface area contributed by atoms with Gasteiger partial charge < -0.3 is 65.1 Å². The highest BCUT2D eigenvalue weighted by Crippen LogP contribution is 2.30. The lowest BCUT2D eigenvalue weighted by Gasteiger charge is -2.46. The van der Waals surface area contributed by atoms with Gasteiger partial charge in [-0.25, -0.2) is 0 Å². The van der Waals surface area contributed by atoms with Crippen LogP contribution in [0.5, 0.6) is 0 Å². The van der Waals surface area contributed by atoms with Crippen molar-refractivity contribution >= 4 is 5.91 Å². The minimum atomic E-state index is -1.80. The van der Waals surface area contributed by atoms with E-state index in [4.69, 9.17) is 18.9 Å². The van der Waals surface area contributed by atoms with Crippen molar-refractivity contribution in [2.24, 2.45) is 0 Å². The Kier molecular flexibility index (Phi) is 42.4. The van der Waals surface area contributed by atoms with E-state index in [2.05, 4.69) is 79.9 Å². The van der Waals surface area contributed by atoms with Crippen molar-refractivity contribution in [2.75, 3.05) is 19.8 Å². The molecule has 0 aromatic rings. The second kappa shape index (κ2) is 46.4. The molecule has 2 aliphatic rings. The van der Waals surface area contributed by atoms with Crippen LogP contribution < -0.4 is 5.32 Å². The van der Waals surface area contributed by atoms with Crippen molar-refractivity contribution < 1.29 is 64.6 Å². The number of allylic oxidation sites excluding steroid dienone is 11. The molecule has 0 spiro atoms. The standard InChI is InChI=1S/C61H107NO13/c1-3-5-7-9-11-13-15-17-19-20-21-22-23-24-25-26-27-28-29-31-32-34-36-38-40-42-44-50(65)49(62-53(66)45-43-41-39-37-35-33-30-18-16-14-12-10-8-6-4-2)48-72-60-58(71)56(69)59(52(47-64)74-60)75-61-57(70)55(68)54(67)51(46-63)73-61/h6,8,12,14,18,30,34-37,42,44,49-52,54-61,63-65,67-71H,3-5,7,9-11,13,15-17,19-29,31-33,38-41,43,45-48H2,1-2H3,(H,62,66)/b8-6-,14-12-,30-18-,36-34+,37-35-,44-42+. The van der Waals surface area contributed by atoms with Crippen LogP contribution in [-0.2, 0) is 23.7 Å². The normalized spacial score (nSPS) is 25.6. The Morgan fingerprint density at radius 2 is 0.933 bits per heavy atom. The number of unbranched alkanes of at least 4 members (excludes halogenated alkanes) is 23. The minimum absolute atomic E-state index is 0.218. The monoisotopic (exact) mass is 1060 g/mol. The van der Waals surface area contributed by atoms with Crippen LogP contribution in [0.25, 0.3) is 0 Å². The molecule has 9 N–H and O–H groups in total. The Bertz CT molecular complexity index is 1530. The van der Waals surface area contributed by atoms with E-state index >= 15 is 0 Å². The lowest BCUT2D eigenvalue weighted by Crippen LogP contribution is -2.65. The predicted octanol–water partition coefficient (Wildman–Crippen LogP) is 9.94. The molecule has 2 heterocycles. The molecular weight excluding hydrogens is 955 g/mol. The third-order valence-electron chi connectivity index (χ3n) is 14.1. The van der Waals surface area contributed by atoms with E-state index in [1.54, 1.807) is 6.08 Å². The SMILES string of the molecule is CC/C=C\C/C=C\C/C=C\C/C=C\CCCCC(=O)NC(COC1OC(CO)C(OC2OC(CO)C(O)C(O)C2O)C(O)C1O)C(O)/C=C/CC/C=C/CCCCCCCCCCCCCCCCCCCCCC. The molecule has 2 aliphatic heterocycles. The molecule has 12 atom stereocenters. The Morgan fingerprint density at radius 1 is 0.493 bits per heavy atom. The van der Waals surface area contributed by atoms with E-state index in [0.717, 1.165) is 51.4 Å². The number of carbonyl (C=O) groups is 1. The maximum atomic E-state index is 13.2. The van der Waals surface area contributed by atoms with Crippen LogP contribution in [0.3, 0.4) is 0 Å². The maximum absolute atomic E-state index is 13.2. The van der Waals surface area contributed by atoms with E-state index in [1.807, 2.05) is 6.08 Å². The second-order valence-electron chi connectivity index (χ2n) is 20.7. The highest BCUT2D eigenvalue weighted by Gasteiger charge is 2.51. The van der Waals surface area contributed by atoms with Gasteiger partial charge in [-0.2, -0.15) is 0 Å². The molecule has 0 saturated carbocycles. The summed E-state index contributed by atoms with van der Waals surface area (Å²) < 4.78 is 22.7. The summed E-state index contributed by atoms with van der Waals surface area (Å²) in [5.41, 5.74) is 0. The van der Waals surface area contributed by atoms with Crippen molar-refractivity contribution in [3.63, 3.8) is 0 Å². The first kappa shape index (κ1) is 68.5. The van der Waals surface area contributed by atoms with Crippen molar-refractivity contribution in [2.45, 2.75) is 286 Å². The molecule has 1 amide bonds. The van der Waals surface area contributed by atoms with E-state index in [-0.39, 0.29) is 18.9 Å². The summed E-state index contributed by atoms with van der Waals surface area (Å²) in [6.45, 7) is 2.63. The summed E-state index contributed by atoms with van der Waals surface area (Å²) in [6.07, 6.45) is 43.9. The third-order valence-corrected chi connectivity index (χ3v) is 14.1. The molecule has 0 aromatic carbocycles. The molecule has 0 aliphatic carbocycles. The van der Waals surface area contributed by atoms with E-state index in [1.165, 1.54) is 128 Å². The molecule has 14 heteroatoms. The molecular formula is C61H107NO13. The number of aliphatic hydroxyl groups is 8. The molecule has 14 nitrogen and oxygen atoms in total. The van der Waals surface area contributed by atoms with Crippen LogP contribution in [0.15, 0.2) is 72.9 Å². The van der Waals surface area contributed by atoms with E-state index < -0.39 is 86.8 Å². The van der Waals surface area contributed by atoms with Gasteiger partial charge in [-0.15, -0.1) is 0 Å². The van der Waals surface area contributed by atoms with Gasteiger partial charge in [0.1, 0.15) is 48.8 Å². The topological polar surface area (TPSA) is 228 Å². The quantitative estimate of drug-likeness (QED) is 0.0205. The lowest BCUT2D eigenvalue weighted by molar-refractivity contribution is -0.359. The number of ether oxygens (including phenoxy) is 4. The van der Waals surface area contributed by atoms with Gasteiger partial charge in [0.2, 0.25) is 5.91 Å². The van der Waals surface area contributed by atoms with Crippen molar-refractivity contribution in [3.05, 3.63) is 72.9 Å². The Balaban J connectivity index is 1.78. The van der Waals surface area contributed by atoms with Crippen LogP contribution in [0.1, 0.15) is 213 Å². The molecule has 0 bridgehead atoms. The fraction of sp³-hybridized carbons (Fsp3) is 0.787. The molecule has 2 fully saturated rings. The largest absolute Gasteiger partial charge is 0.394 e. The van der Waals surface area contributed by atoms with Gasteiger partial charge in [0.15, 0.2) is 12.6 Å². The van der Waals surface area contributed by atoms with E-state index in [0.29, 0.717) is 12.8 Å². The molecule has 2 rings (SSSR count). The van der Waals surface area contributed by atoms with Crippen molar-refractivity contribution in [1.82, 2.24) is 5.32 Å². The second-order valence-corrected chi connectivity index (χ2v) is 20.7. The van der Waals surface area contributed by atoms with Gasteiger partial charge in [0.05, 0.1) is 32.0 Å². The van der Waals surface area contributed by atoms with Crippen LogP contribution >= 0.6 is 0 Å². The number of aliphatic hydroxyl groups excluding tert-OH is 8. The number of hydrogen-bond donors (Lipinski definition) is 9. The van der Waals surface area contributed by atoms with Crippen molar-refractivity contribution in [1.29, 1.82) is 0 Å². The van der Waals surface area contributed by atoms with Gasteiger partial charge in [0, 0.05) is 6.42 Å². The number of hydrogen-bond acceptors (Lipinski definition) is 13. The average Bonchev–Trinajstić information content (AvgIpc) is 3.41. The molecule has 12 unspecified atom stereocenters. The average molecular weight is 1060 g/mol. The summed E-state index contributed by atoms with van der Waals surface area (Å²) in [6, 6.07) is -0.957. The van der Waals surface area contributed by atoms with E-state index in [9.17, 15) is 45.6 Å². The number of carbonyl (C=O) groups excluding carboxylic acids is 1. The first-order valence-corrected chi connectivity index (χ1v) is 29.7. The first-order chi connectivity index (χ1) is 36.6. The third kappa shape index (κ3) is 32.2. The molecule has 0 radical (unpaired) electrons. The summed E-state index contributed by atoms with van der Waals surface area (Å²) in [5.74, 6) is -0.291. The van der Waals surface area contributed by atoms with Gasteiger partial charge in [-0.3, -0.25) is 4.79 Å². The fourth-order valence-electron chi connectivity index (χ4n) is 9.36. The minimum Gasteiger partial charge on any atom is -0.394 e. The molecule has 2 saturated heterocycles. The van der Waals surface area contributed by atoms with Gasteiger partial charge in [-0.1, -0.05) is 209 Å². The number of amides is 1. The molecule has 0 aromatic heterocycles. The Labute approximate surface area is 453 Å². The smallest absolute Gasteiger partial charge is 0.220 e. The summed E-state index contributed by atoms with van der Waals surface area (Å²) in [7, 11) is 0. The lowest BCUT2D eigenvalue weighted by atomic mass is 9.97. The highest BCUT2D eigenvalue weighted by atomic mass is 16.7. The van der Waals surface area contributed by atoms with Crippen LogP contribution in [-0.4, -0.2) is 140 Å². The fourth-order valence-corrected chi connectivity index (χ4v) is 9.36. The highest BCUT2D eigenvalue weighted by molar-refractivity contribution is 5.76. The summed E-state index contributed by atoms with van der Waals surface area (Å²) in [5, 5.41) is 87.0. The van der Waals surface area contributed by atoms with Crippen LogP contribution in [0, 0.1) is 0 Å². The maximum Gasteiger partial charge on any atom is 0.220 e. The Morgan fingerprint density at radius 3 is 1.47 bits per heavy atom.